The molecule has 0 fully saturated rings. The summed E-state index contributed by atoms with van der Waals surface area (Å²) in [4.78, 5) is 11.9. The summed E-state index contributed by atoms with van der Waals surface area (Å²) in [5, 5.41) is 0.449. The van der Waals surface area contributed by atoms with Crippen molar-refractivity contribution >= 4 is 23.1 Å². The van der Waals surface area contributed by atoms with Crippen LogP contribution in [0.2, 0.25) is 5.02 Å². The largest absolute Gasteiger partial charge is 0.496 e. The van der Waals surface area contributed by atoms with E-state index in [9.17, 15) is 0 Å². The number of benzene rings is 1. The SMILES string of the molecule is CCN(CC)CCN=C(NOC)c1cc(Cl)c(N)cc1OC. The molecular weight excluding hydrogens is 304 g/mol. The van der Waals surface area contributed by atoms with Crippen LogP contribution in [0, 0.1) is 0 Å². The summed E-state index contributed by atoms with van der Waals surface area (Å²) in [7, 11) is 3.11. The number of amidine groups is 1. The highest BCUT2D eigenvalue weighted by atomic mass is 35.5. The third-order valence-electron chi connectivity index (χ3n) is 3.35. The standard InChI is InChI=1S/C15H25ClN4O2/c1-5-20(6-2)8-7-18-15(19-22-4)11-9-12(16)13(17)10-14(11)21-3/h9-10H,5-8,17H2,1-4H3,(H,18,19). The van der Waals surface area contributed by atoms with Gasteiger partial charge >= 0.3 is 0 Å². The van der Waals surface area contributed by atoms with Crippen LogP contribution in [0.15, 0.2) is 17.1 Å². The molecule has 1 aromatic rings. The van der Waals surface area contributed by atoms with E-state index in [1.807, 2.05) is 0 Å². The van der Waals surface area contributed by atoms with E-state index < -0.39 is 0 Å². The van der Waals surface area contributed by atoms with Crippen LogP contribution < -0.4 is 16.0 Å². The van der Waals surface area contributed by atoms with Gasteiger partial charge < -0.3 is 15.4 Å². The molecule has 0 aliphatic carbocycles. The number of halogens is 1. The van der Waals surface area contributed by atoms with Crippen molar-refractivity contribution in [2.24, 2.45) is 4.99 Å². The average molecular weight is 329 g/mol. The minimum absolute atomic E-state index is 0.449. The molecule has 0 aromatic heterocycles. The van der Waals surface area contributed by atoms with E-state index in [-0.39, 0.29) is 0 Å². The first-order chi connectivity index (χ1) is 10.6. The fourth-order valence-electron chi connectivity index (χ4n) is 2.04. The van der Waals surface area contributed by atoms with Gasteiger partial charge in [0.1, 0.15) is 5.75 Å². The molecule has 7 heteroatoms. The molecule has 3 N–H and O–H groups in total. The van der Waals surface area contributed by atoms with Crippen molar-refractivity contribution in [2.75, 3.05) is 46.1 Å². The molecule has 0 aliphatic heterocycles. The predicted molar refractivity (Wildman–Crippen MR) is 91.8 cm³/mol. The summed E-state index contributed by atoms with van der Waals surface area (Å²) in [5.74, 6) is 1.15. The number of nitrogens with zero attached hydrogens (tertiary/aromatic N) is 2. The Bertz CT molecular complexity index is 505. The lowest BCUT2D eigenvalue weighted by Gasteiger charge is -2.17. The normalized spacial score (nSPS) is 11.8. The molecule has 124 valence electrons. The van der Waals surface area contributed by atoms with Crippen LogP contribution in [-0.2, 0) is 4.84 Å². The molecule has 0 aliphatic rings. The zero-order valence-electron chi connectivity index (χ0n) is 13.6. The van der Waals surface area contributed by atoms with E-state index in [0.717, 1.165) is 19.6 Å². The maximum absolute atomic E-state index is 6.10. The number of rotatable bonds is 8. The van der Waals surface area contributed by atoms with Crippen molar-refractivity contribution in [3.63, 3.8) is 0 Å². The number of hydroxylamine groups is 1. The van der Waals surface area contributed by atoms with Crippen LogP contribution in [0.3, 0.4) is 0 Å². The highest BCUT2D eigenvalue weighted by Gasteiger charge is 2.13. The second kappa shape index (κ2) is 9.50. The Morgan fingerprint density at radius 3 is 2.55 bits per heavy atom. The van der Waals surface area contributed by atoms with E-state index in [4.69, 9.17) is 26.9 Å². The first-order valence-electron chi connectivity index (χ1n) is 7.26. The maximum Gasteiger partial charge on any atom is 0.156 e. The lowest BCUT2D eigenvalue weighted by Crippen LogP contribution is -2.28. The molecule has 1 aromatic carbocycles. The second-order valence-corrected chi connectivity index (χ2v) is 5.04. The van der Waals surface area contributed by atoms with Gasteiger partial charge in [-0.2, -0.15) is 0 Å². The van der Waals surface area contributed by atoms with Gasteiger partial charge in [0.25, 0.3) is 0 Å². The van der Waals surface area contributed by atoms with Crippen molar-refractivity contribution in [3.8, 4) is 5.75 Å². The molecule has 0 atom stereocenters. The van der Waals surface area contributed by atoms with E-state index in [1.54, 1.807) is 19.2 Å². The molecule has 0 spiro atoms. The molecular formula is C15H25ClN4O2. The number of likely N-dealkylation sites (N-methyl/N-ethyl adjacent to an activating group) is 1. The molecule has 0 unspecified atom stereocenters. The van der Waals surface area contributed by atoms with Crippen LogP contribution in [0.1, 0.15) is 19.4 Å². The van der Waals surface area contributed by atoms with E-state index in [1.165, 1.54) is 7.11 Å². The summed E-state index contributed by atoms with van der Waals surface area (Å²) < 4.78 is 5.35. The van der Waals surface area contributed by atoms with Gasteiger partial charge in [0.15, 0.2) is 5.84 Å². The Morgan fingerprint density at radius 1 is 1.32 bits per heavy atom. The lowest BCUT2D eigenvalue weighted by atomic mass is 10.1. The van der Waals surface area contributed by atoms with Gasteiger partial charge in [-0.15, -0.1) is 0 Å². The summed E-state index contributed by atoms with van der Waals surface area (Å²) in [6.07, 6.45) is 0. The molecule has 22 heavy (non-hydrogen) atoms. The van der Waals surface area contributed by atoms with Gasteiger partial charge in [-0.25, -0.2) is 5.48 Å². The van der Waals surface area contributed by atoms with Gasteiger partial charge in [0.2, 0.25) is 0 Å². The lowest BCUT2D eigenvalue weighted by molar-refractivity contribution is 0.144. The molecule has 1 rings (SSSR count). The Labute approximate surface area is 137 Å². The zero-order valence-corrected chi connectivity index (χ0v) is 14.4. The van der Waals surface area contributed by atoms with Crippen LogP contribution in [0.4, 0.5) is 5.69 Å². The number of nitrogen functional groups attached to an aromatic ring is 1. The van der Waals surface area contributed by atoms with Gasteiger partial charge in [0.05, 0.1) is 37.0 Å². The minimum atomic E-state index is 0.449. The van der Waals surface area contributed by atoms with Gasteiger partial charge in [-0.05, 0) is 19.2 Å². The van der Waals surface area contributed by atoms with Crippen LogP contribution >= 0.6 is 11.6 Å². The number of methoxy groups -OCH3 is 1. The molecule has 0 radical (unpaired) electrons. The average Bonchev–Trinajstić information content (AvgIpc) is 2.52. The molecule has 0 amide bonds. The summed E-state index contributed by atoms with van der Waals surface area (Å²) in [6.45, 7) is 7.76. The number of aliphatic imine (C=N–C) groups is 1. The fourth-order valence-corrected chi connectivity index (χ4v) is 2.20. The monoisotopic (exact) mass is 328 g/mol. The topological polar surface area (TPSA) is 72.1 Å². The van der Waals surface area contributed by atoms with E-state index in [2.05, 4.69) is 29.2 Å². The minimum Gasteiger partial charge on any atom is -0.496 e. The van der Waals surface area contributed by atoms with Crippen molar-refractivity contribution in [2.45, 2.75) is 13.8 Å². The van der Waals surface area contributed by atoms with Crippen molar-refractivity contribution in [1.29, 1.82) is 0 Å². The third-order valence-corrected chi connectivity index (χ3v) is 3.68. The highest BCUT2D eigenvalue weighted by molar-refractivity contribution is 6.33. The number of hydrogen-bond acceptors (Lipinski definition) is 5. The zero-order chi connectivity index (χ0) is 16.5. The van der Waals surface area contributed by atoms with Crippen LogP contribution in [0.25, 0.3) is 0 Å². The Kier molecular flexibility index (Phi) is 8.01. The van der Waals surface area contributed by atoms with Crippen LogP contribution in [-0.4, -0.2) is 51.1 Å². The highest BCUT2D eigenvalue weighted by Crippen LogP contribution is 2.29. The van der Waals surface area contributed by atoms with Crippen molar-refractivity contribution in [1.82, 2.24) is 10.4 Å². The second-order valence-electron chi connectivity index (χ2n) is 4.64. The number of ether oxygens (including phenoxy) is 1. The van der Waals surface area contributed by atoms with Gasteiger partial charge in [-0.3, -0.25) is 9.83 Å². The Balaban J connectivity index is 3.01. The third kappa shape index (κ3) is 5.05. The first kappa shape index (κ1) is 18.5. The van der Waals surface area contributed by atoms with E-state index in [0.29, 0.717) is 34.4 Å². The van der Waals surface area contributed by atoms with Gasteiger partial charge in [-0.1, -0.05) is 25.4 Å². The van der Waals surface area contributed by atoms with Crippen molar-refractivity contribution in [3.05, 3.63) is 22.7 Å². The van der Waals surface area contributed by atoms with E-state index >= 15 is 0 Å². The number of nitrogens with two attached hydrogens (primary N) is 1. The molecule has 0 saturated carbocycles. The molecule has 6 nitrogen and oxygen atoms in total. The summed E-state index contributed by atoms with van der Waals surface area (Å²) in [5.41, 5.74) is 9.76. The predicted octanol–water partition coefficient (Wildman–Crippen LogP) is 2.17. The molecule has 0 saturated heterocycles. The number of anilines is 1. The van der Waals surface area contributed by atoms with Crippen LogP contribution in [0.5, 0.6) is 5.75 Å². The smallest absolute Gasteiger partial charge is 0.156 e. The first-order valence-corrected chi connectivity index (χ1v) is 7.64. The molecule has 0 bridgehead atoms. The number of hydrogen-bond donors (Lipinski definition) is 2. The maximum atomic E-state index is 6.10. The summed E-state index contributed by atoms with van der Waals surface area (Å²) >= 11 is 6.10. The fraction of sp³-hybridized carbons (Fsp3) is 0.533. The summed E-state index contributed by atoms with van der Waals surface area (Å²) in [6, 6.07) is 3.40. The Hall–Kier alpha value is -1.50. The van der Waals surface area contributed by atoms with Crippen molar-refractivity contribution < 1.29 is 9.57 Å². The molecule has 0 heterocycles. The van der Waals surface area contributed by atoms with Gasteiger partial charge in [0, 0.05) is 12.6 Å². The number of nitrogens with one attached hydrogen (secondary N) is 1. The Morgan fingerprint density at radius 2 is 2.00 bits per heavy atom. The quantitative estimate of drug-likeness (QED) is 0.331.